The molecule has 0 saturated carbocycles. The molecule has 4 nitrogen and oxygen atoms in total. The van der Waals surface area contributed by atoms with Crippen molar-refractivity contribution in [1.82, 2.24) is 15.0 Å². The molecule has 0 atom stereocenters. The molecule has 0 amide bonds. The number of hydrogen-bond acceptors (Lipinski definition) is 4. The van der Waals surface area contributed by atoms with Crippen molar-refractivity contribution in [3.05, 3.63) is 48.3 Å². The van der Waals surface area contributed by atoms with Crippen molar-refractivity contribution >= 4 is 22.8 Å². The third-order valence-electron chi connectivity index (χ3n) is 2.62. The molecule has 3 N–H and O–H groups in total. The summed E-state index contributed by atoms with van der Waals surface area (Å²) < 4.78 is 0. The van der Waals surface area contributed by atoms with E-state index in [0.717, 1.165) is 26.8 Å². The summed E-state index contributed by atoms with van der Waals surface area (Å²) >= 11 is 1.56. The van der Waals surface area contributed by atoms with Crippen molar-refractivity contribution < 1.29 is 0 Å². The Kier molecular flexibility index (Phi) is 3.00. The van der Waals surface area contributed by atoms with Gasteiger partial charge in [-0.2, -0.15) is 0 Å². The topological polar surface area (TPSA) is 67.6 Å². The lowest BCUT2D eigenvalue weighted by atomic mass is 10.3. The summed E-state index contributed by atoms with van der Waals surface area (Å²) in [6.07, 6.45) is 1.75. The molecule has 0 aliphatic heterocycles. The van der Waals surface area contributed by atoms with Gasteiger partial charge in [0.15, 0.2) is 5.16 Å². The van der Waals surface area contributed by atoms with Gasteiger partial charge >= 0.3 is 0 Å². The molecule has 2 heterocycles. The van der Waals surface area contributed by atoms with Crippen LogP contribution in [0, 0.1) is 0 Å². The van der Waals surface area contributed by atoms with Crippen LogP contribution in [-0.4, -0.2) is 15.0 Å². The Morgan fingerprint density at radius 3 is 2.89 bits per heavy atom. The normalized spacial score (nSPS) is 10.9. The van der Waals surface area contributed by atoms with E-state index < -0.39 is 0 Å². The van der Waals surface area contributed by atoms with Gasteiger partial charge in [0.05, 0.1) is 16.7 Å². The molecule has 0 aliphatic carbocycles. The van der Waals surface area contributed by atoms with Crippen LogP contribution in [0.15, 0.2) is 52.6 Å². The lowest BCUT2D eigenvalue weighted by Crippen LogP contribution is -2.00. The summed E-state index contributed by atoms with van der Waals surface area (Å²) in [5, 5.41) is 0.860. The molecule has 3 rings (SSSR count). The quantitative estimate of drug-likeness (QED) is 0.755. The van der Waals surface area contributed by atoms with Crippen molar-refractivity contribution in [2.24, 2.45) is 5.73 Å². The smallest absolute Gasteiger partial charge is 0.171 e. The van der Waals surface area contributed by atoms with E-state index >= 15 is 0 Å². The second-order valence-electron chi connectivity index (χ2n) is 3.81. The van der Waals surface area contributed by atoms with Crippen LogP contribution in [0.2, 0.25) is 0 Å². The Labute approximate surface area is 109 Å². The number of aromatic nitrogens is 3. The van der Waals surface area contributed by atoms with Gasteiger partial charge in [0.2, 0.25) is 0 Å². The van der Waals surface area contributed by atoms with Crippen LogP contribution in [0.3, 0.4) is 0 Å². The summed E-state index contributed by atoms with van der Waals surface area (Å²) in [5.74, 6) is 0. The Morgan fingerprint density at radius 1 is 1.17 bits per heavy atom. The highest BCUT2D eigenvalue weighted by Gasteiger charge is 2.07. The molecule has 90 valence electrons. The first-order valence-electron chi connectivity index (χ1n) is 5.63. The van der Waals surface area contributed by atoms with Gasteiger partial charge in [-0.1, -0.05) is 12.1 Å². The van der Waals surface area contributed by atoms with E-state index in [4.69, 9.17) is 5.73 Å². The van der Waals surface area contributed by atoms with Crippen molar-refractivity contribution in [2.45, 2.75) is 16.6 Å². The molecule has 18 heavy (non-hydrogen) atoms. The minimum atomic E-state index is 0.434. The second-order valence-corrected chi connectivity index (χ2v) is 4.84. The van der Waals surface area contributed by atoms with Crippen molar-refractivity contribution in [1.29, 1.82) is 0 Å². The van der Waals surface area contributed by atoms with Crippen molar-refractivity contribution in [3.8, 4) is 0 Å². The summed E-state index contributed by atoms with van der Waals surface area (Å²) in [6, 6.07) is 11.9. The van der Waals surface area contributed by atoms with Crippen molar-refractivity contribution in [2.75, 3.05) is 0 Å². The van der Waals surface area contributed by atoms with Gasteiger partial charge in [-0.15, -0.1) is 0 Å². The summed E-state index contributed by atoms with van der Waals surface area (Å²) in [6.45, 7) is 0.434. The molecule has 0 radical (unpaired) electrons. The number of nitrogens with two attached hydrogens (primary N) is 1. The van der Waals surface area contributed by atoms with Crippen LogP contribution in [0.25, 0.3) is 11.0 Å². The van der Waals surface area contributed by atoms with E-state index in [-0.39, 0.29) is 0 Å². The fourth-order valence-electron chi connectivity index (χ4n) is 1.75. The number of hydrogen-bond donors (Lipinski definition) is 2. The standard InChI is InChI=1S/C13H12N4S/c14-8-11-12(6-3-7-15-11)18-13-16-9-4-1-2-5-10(9)17-13/h1-7H,8,14H2,(H,16,17). The fraction of sp³-hybridized carbons (Fsp3) is 0.0769. The Balaban J connectivity index is 1.96. The molecule has 0 bridgehead atoms. The SMILES string of the molecule is NCc1ncccc1Sc1nc2ccccc2[nH]1. The van der Waals surface area contributed by atoms with E-state index in [9.17, 15) is 0 Å². The van der Waals surface area contributed by atoms with Crippen LogP contribution >= 0.6 is 11.8 Å². The lowest BCUT2D eigenvalue weighted by molar-refractivity contribution is 0.940. The fourth-order valence-corrected chi connectivity index (χ4v) is 2.67. The minimum Gasteiger partial charge on any atom is -0.333 e. The Hall–Kier alpha value is -1.85. The van der Waals surface area contributed by atoms with Crippen LogP contribution in [0.1, 0.15) is 5.69 Å². The molecule has 0 spiro atoms. The number of H-pyrrole nitrogens is 1. The zero-order chi connectivity index (χ0) is 12.4. The number of fused-ring (bicyclic) bond motifs is 1. The number of nitrogens with zero attached hydrogens (tertiary/aromatic N) is 2. The van der Waals surface area contributed by atoms with Gasteiger partial charge in [0, 0.05) is 17.6 Å². The highest BCUT2D eigenvalue weighted by molar-refractivity contribution is 7.99. The van der Waals surface area contributed by atoms with E-state index in [1.54, 1.807) is 18.0 Å². The molecule has 3 aromatic rings. The molecule has 0 unspecified atom stereocenters. The van der Waals surface area contributed by atoms with Gasteiger partial charge in [-0.05, 0) is 36.0 Å². The molecule has 5 heteroatoms. The first-order chi connectivity index (χ1) is 8.86. The van der Waals surface area contributed by atoms with Gasteiger partial charge < -0.3 is 10.7 Å². The summed E-state index contributed by atoms with van der Waals surface area (Å²) in [5.41, 5.74) is 8.58. The number of benzene rings is 1. The maximum Gasteiger partial charge on any atom is 0.171 e. The Bertz CT molecular complexity index is 644. The monoisotopic (exact) mass is 256 g/mol. The molecule has 0 aliphatic rings. The van der Waals surface area contributed by atoms with Crippen LogP contribution in [0.4, 0.5) is 0 Å². The van der Waals surface area contributed by atoms with Crippen molar-refractivity contribution in [3.63, 3.8) is 0 Å². The largest absolute Gasteiger partial charge is 0.333 e. The maximum atomic E-state index is 5.67. The van der Waals surface area contributed by atoms with Crippen LogP contribution in [-0.2, 0) is 6.54 Å². The number of aromatic amines is 1. The first-order valence-corrected chi connectivity index (χ1v) is 6.45. The number of nitrogens with one attached hydrogen (secondary N) is 1. The lowest BCUT2D eigenvalue weighted by Gasteiger charge is -2.03. The van der Waals surface area contributed by atoms with E-state index in [0.29, 0.717) is 6.54 Å². The average molecular weight is 256 g/mol. The molecular weight excluding hydrogens is 244 g/mol. The highest BCUT2D eigenvalue weighted by Crippen LogP contribution is 2.28. The zero-order valence-corrected chi connectivity index (χ0v) is 10.4. The molecule has 0 fully saturated rings. The van der Waals surface area contributed by atoms with Gasteiger partial charge in [0.1, 0.15) is 0 Å². The number of imidazole rings is 1. The predicted octanol–water partition coefficient (Wildman–Crippen LogP) is 2.57. The highest BCUT2D eigenvalue weighted by atomic mass is 32.2. The second kappa shape index (κ2) is 4.80. The van der Waals surface area contributed by atoms with Crippen LogP contribution < -0.4 is 5.73 Å². The maximum absolute atomic E-state index is 5.67. The van der Waals surface area contributed by atoms with Crippen LogP contribution in [0.5, 0.6) is 0 Å². The molecular formula is C13H12N4S. The minimum absolute atomic E-state index is 0.434. The van der Waals surface area contributed by atoms with Gasteiger partial charge in [0.25, 0.3) is 0 Å². The van der Waals surface area contributed by atoms with E-state index in [2.05, 4.69) is 15.0 Å². The average Bonchev–Trinajstić information content (AvgIpc) is 2.81. The summed E-state index contributed by atoms with van der Waals surface area (Å²) in [4.78, 5) is 13.1. The van der Waals surface area contributed by atoms with Gasteiger partial charge in [-0.25, -0.2) is 4.98 Å². The third kappa shape index (κ3) is 2.10. The van der Waals surface area contributed by atoms with E-state index in [1.807, 2.05) is 36.4 Å². The molecule has 2 aromatic heterocycles. The first kappa shape index (κ1) is 11.3. The van der Waals surface area contributed by atoms with E-state index in [1.165, 1.54) is 0 Å². The Morgan fingerprint density at radius 2 is 2.06 bits per heavy atom. The summed E-state index contributed by atoms with van der Waals surface area (Å²) in [7, 11) is 0. The zero-order valence-electron chi connectivity index (χ0n) is 9.63. The van der Waals surface area contributed by atoms with Gasteiger partial charge in [-0.3, -0.25) is 4.98 Å². The molecule has 1 aromatic carbocycles. The predicted molar refractivity (Wildman–Crippen MR) is 72.3 cm³/mol. The number of rotatable bonds is 3. The number of pyridine rings is 1. The third-order valence-corrected chi connectivity index (χ3v) is 3.59. The number of para-hydroxylation sites is 2. The molecule has 0 saturated heterocycles.